The average Bonchev–Trinajstić information content (AvgIpc) is 3.35. The van der Waals surface area contributed by atoms with E-state index >= 15 is 0 Å². The number of alkyl halides is 1. The summed E-state index contributed by atoms with van der Waals surface area (Å²) in [6, 6.07) is 0. The first-order valence-electron chi connectivity index (χ1n) is 10.4. The van der Waals surface area contributed by atoms with E-state index in [0.29, 0.717) is 17.7 Å². The lowest BCUT2D eigenvalue weighted by Gasteiger charge is -2.15. The van der Waals surface area contributed by atoms with E-state index in [1.807, 2.05) is 4.98 Å². The van der Waals surface area contributed by atoms with Crippen molar-refractivity contribution in [1.82, 2.24) is 29.1 Å². The second kappa shape index (κ2) is 11.3. The predicted octanol–water partition coefficient (Wildman–Crippen LogP) is -2.01. The first-order valence-corrected chi connectivity index (χ1v) is 12.2. The Bertz CT molecular complexity index is 1360. The summed E-state index contributed by atoms with van der Waals surface area (Å²) in [5.41, 5.74) is 5.49. The number of nitrogen functional groups attached to an aromatic ring is 1. The molecule has 3 aromatic heterocycles. The molecule has 0 spiro atoms. The summed E-state index contributed by atoms with van der Waals surface area (Å²) >= 11 is 0. The molecule has 16 nitrogen and oxygen atoms in total. The second-order valence-electron chi connectivity index (χ2n) is 7.73. The highest BCUT2D eigenvalue weighted by Gasteiger charge is 2.45. The van der Waals surface area contributed by atoms with E-state index in [0.717, 1.165) is 10.8 Å². The number of aliphatic hydroxyl groups is 2. The van der Waals surface area contributed by atoms with E-state index in [2.05, 4.69) is 15.0 Å². The van der Waals surface area contributed by atoms with Crippen LogP contribution in [0.15, 0.2) is 28.4 Å². The number of aromatic amines is 1. The fourth-order valence-electron chi connectivity index (χ4n) is 3.26. The van der Waals surface area contributed by atoms with Gasteiger partial charge in [-0.25, -0.2) is 24.1 Å². The van der Waals surface area contributed by atoms with Gasteiger partial charge in [-0.15, -0.1) is 0 Å². The minimum atomic E-state index is -4.12. The Morgan fingerprint density at radius 2 is 2.03 bits per heavy atom. The third kappa shape index (κ3) is 6.38. The summed E-state index contributed by atoms with van der Waals surface area (Å²) in [4.78, 5) is 53.8. The molecule has 0 aliphatic carbocycles. The van der Waals surface area contributed by atoms with Crippen LogP contribution in [0.3, 0.4) is 0 Å². The lowest BCUT2D eigenvalue weighted by molar-refractivity contribution is -0.0492. The van der Waals surface area contributed by atoms with Crippen molar-refractivity contribution in [2.75, 3.05) is 25.3 Å². The maximum absolute atomic E-state index is 13.8. The van der Waals surface area contributed by atoms with Gasteiger partial charge in [-0.3, -0.25) is 18.9 Å². The van der Waals surface area contributed by atoms with Crippen molar-refractivity contribution < 1.29 is 38.4 Å². The number of halogens is 1. The van der Waals surface area contributed by atoms with Crippen LogP contribution in [0.4, 0.5) is 10.2 Å². The zero-order chi connectivity index (χ0) is 26.6. The molecule has 0 bridgehead atoms. The first kappa shape index (κ1) is 27.5. The molecule has 1 aliphatic rings. The van der Waals surface area contributed by atoms with Crippen LogP contribution in [-0.4, -0.2) is 87.0 Å². The number of anilines is 1. The third-order valence-electron chi connectivity index (χ3n) is 5.06. The molecule has 0 amide bonds. The SMILES string of the molecule is Cc1cn([C@H]2O[C@@H](CO)[C@H](O)[C@H]2F)c(=O)[nH]c1=O.Nc1ncnc2c1ncn2CCOCP(=O)(O)O. The lowest BCUT2D eigenvalue weighted by Crippen LogP contribution is -2.36. The van der Waals surface area contributed by atoms with Gasteiger partial charge in [0.05, 0.1) is 19.5 Å². The number of rotatable bonds is 7. The number of nitrogens with two attached hydrogens (primary N) is 1. The van der Waals surface area contributed by atoms with Crippen LogP contribution < -0.4 is 17.0 Å². The summed E-state index contributed by atoms with van der Waals surface area (Å²) in [6.45, 7) is 1.40. The van der Waals surface area contributed by atoms with Gasteiger partial charge in [0.1, 0.15) is 30.4 Å². The predicted molar refractivity (Wildman–Crippen MR) is 121 cm³/mol. The molecule has 0 radical (unpaired) electrons. The van der Waals surface area contributed by atoms with Crippen molar-refractivity contribution >= 4 is 24.6 Å². The van der Waals surface area contributed by atoms with Crippen LogP contribution in [0.5, 0.6) is 0 Å². The maximum atomic E-state index is 13.8. The number of H-pyrrole nitrogens is 1. The number of nitrogens with one attached hydrogen (secondary N) is 1. The molecule has 18 heteroatoms. The van der Waals surface area contributed by atoms with Crippen LogP contribution in [0.2, 0.25) is 0 Å². The Morgan fingerprint density at radius 3 is 2.67 bits per heavy atom. The third-order valence-corrected chi connectivity index (χ3v) is 5.58. The van der Waals surface area contributed by atoms with Crippen LogP contribution in [0.1, 0.15) is 11.8 Å². The Kier molecular flexibility index (Phi) is 8.67. The number of hydrogen-bond acceptors (Lipinski definition) is 11. The van der Waals surface area contributed by atoms with Gasteiger partial charge in [-0.2, -0.15) is 0 Å². The van der Waals surface area contributed by atoms with Gasteiger partial charge in [-0.1, -0.05) is 0 Å². The smallest absolute Gasteiger partial charge is 0.350 e. The Labute approximate surface area is 201 Å². The van der Waals surface area contributed by atoms with Crippen molar-refractivity contribution in [3.8, 4) is 0 Å². The van der Waals surface area contributed by atoms with Crippen molar-refractivity contribution in [1.29, 1.82) is 0 Å². The molecule has 4 rings (SSSR count). The summed E-state index contributed by atoms with van der Waals surface area (Å²) in [6.07, 6.45) is -2.42. The van der Waals surface area contributed by atoms with E-state index in [-0.39, 0.29) is 18.0 Å². The summed E-state index contributed by atoms with van der Waals surface area (Å²) in [5, 5.41) is 18.3. The summed E-state index contributed by atoms with van der Waals surface area (Å²) in [5.74, 6) is 0.287. The molecule has 198 valence electrons. The highest BCUT2D eigenvalue weighted by atomic mass is 31.2. The molecule has 1 aliphatic heterocycles. The normalized spacial score (nSPS) is 21.9. The molecule has 1 fully saturated rings. The van der Waals surface area contributed by atoms with E-state index in [1.54, 1.807) is 4.57 Å². The van der Waals surface area contributed by atoms with Crippen molar-refractivity contribution in [3.63, 3.8) is 0 Å². The lowest BCUT2D eigenvalue weighted by atomic mass is 10.1. The molecule has 0 aromatic carbocycles. The number of aromatic nitrogens is 6. The van der Waals surface area contributed by atoms with Gasteiger partial charge in [-0.05, 0) is 6.92 Å². The number of aliphatic hydroxyl groups excluding tert-OH is 2. The Morgan fingerprint density at radius 1 is 1.31 bits per heavy atom. The fourth-order valence-corrected chi connectivity index (χ4v) is 3.63. The second-order valence-corrected chi connectivity index (χ2v) is 9.32. The van der Waals surface area contributed by atoms with Crippen LogP contribution in [-0.2, 0) is 20.6 Å². The average molecular weight is 533 g/mol. The molecule has 36 heavy (non-hydrogen) atoms. The Hall–Kier alpha value is -3.05. The van der Waals surface area contributed by atoms with Gasteiger partial charge in [0, 0.05) is 18.3 Å². The van der Waals surface area contributed by atoms with Gasteiger partial charge in [0.15, 0.2) is 23.9 Å². The summed E-state index contributed by atoms with van der Waals surface area (Å²) in [7, 11) is -4.12. The number of aryl methyl sites for hydroxylation is 1. The minimum Gasteiger partial charge on any atom is -0.394 e. The van der Waals surface area contributed by atoms with E-state index in [4.69, 9.17) is 30.1 Å². The van der Waals surface area contributed by atoms with Crippen LogP contribution >= 0.6 is 7.60 Å². The molecule has 1 saturated heterocycles. The monoisotopic (exact) mass is 533 g/mol. The minimum absolute atomic E-state index is 0.139. The molecule has 3 aromatic rings. The fraction of sp³-hybridized carbons (Fsp3) is 0.500. The summed E-state index contributed by atoms with van der Waals surface area (Å²) < 4.78 is 36.8. The van der Waals surface area contributed by atoms with E-state index in [1.165, 1.54) is 19.6 Å². The number of fused-ring (bicyclic) bond motifs is 1. The number of hydrogen-bond donors (Lipinski definition) is 6. The molecule has 0 unspecified atom stereocenters. The number of ether oxygens (including phenoxy) is 2. The van der Waals surface area contributed by atoms with Gasteiger partial charge >= 0.3 is 13.3 Å². The topological polar surface area (TPSA) is 241 Å². The standard InChI is InChI=1S/C10H13FN2O5.C8H12N5O4P/c1-4-2-13(10(17)12-8(4)16)9-6(11)7(15)5(3-14)18-9;9-7-6-8(11-3-10-7)13(4-12-6)1-2-17-5-18(14,15)16/h2,5-7,9,14-15H,3H2,1H3,(H,12,16,17);3-4H,1-2,5H2,(H2,9,10,11)(H2,14,15,16)/t5-,6+,7-,9-;/m0./s1. The largest absolute Gasteiger partial charge is 0.394 e. The Balaban J connectivity index is 0.000000201. The van der Waals surface area contributed by atoms with Crippen molar-refractivity contribution in [3.05, 3.63) is 45.3 Å². The van der Waals surface area contributed by atoms with Crippen molar-refractivity contribution in [2.45, 2.75) is 38.1 Å². The first-order chi connectivity index (χ1) is 16.9. The van der Waals surface area contributed by atoms with Crippen LogP contribution in [0.25, 0.3) is 11.2 Å². The maximum Gasteiger partial charge on any atom is 0.350 e. The molecular formula is C18H25FN7O9P. The van der Waals surface area contributed by atoms with Crippen LogP contribution in [0, 0.1) is 6.92 Å². The number of nitrogens with zero attached hydrogens (tertiary/aromatic N) is 5. The quantitative estimate of drug-likeness (QED) is 0.142. The van der Waals surface area contributed by atoms with Gasteiger partial charge < -0.3 is 39.8 Å². The zero-order valence-electron chi connectivity index (χ0n) is 18.8. The molecule has 7 N–H and O–H groups in total. The van der Waals surface area contributed by atoms with Gasteiger partial charge in [0.2, 0.25) is 0 Å². The molecule has 0 saturated carbocycles. The van der Waals surface area contributed by atoms with E-state index in [9.17, 15) is 23.7 Å². The molecule has 4 heterocycles. The van der Waals surface area contributed by atoms with E-state index < -0.39 is 56.4 Å². The highest BCUT2D eigenvalue weighted by Crippen LogP contribution is 2.33. The number of imidazole rings is 1. The van der Waals surface area contributed by atoms with Crippen molar-refractivity contribution in [2.24, 2.45) is 0 Å². The van der Waals surface area contributed by atoms with Gasteiger partial charge in [0.25, 0.3) is 5.56 Å². The molecular weight excluding hydrogens is 508 g/mol. The zero-order valence-corrected chi connectivity index (χ0v) is 19.7. The molecule has 4 atom stereocenters. The highest BCUT2D eigenvalue weighted by molar-refractivity contribution is 7.51.